The summed E-state index contributed by atoms with van der Waals surface area (Å²) in [6.07, 6.45) is 0.865. The quantitative estimate of drug-likeness (QED) is 0.714. The summed E-state index contributed by atoms with van der Waals surface area (Å²) in [5.74, 6) is 0.872. The minimum absolute atomic E-state index is 0.0335. The van der Waals surface area contributed by atoms with Gasteiger partial charge in [-0.1, -0.05) is 48.5 Å². The van der Waals surface area contributed by atoms with Gasteiger partial charge in [0.2, 0.25) is 5.91 Å². The Bertz CT molecular complexity index is 977. The first kappa shape index (κ1) is 16.1. The molecule has 1 fully saturated rings. The minimum Gasteiger partial charge on any atom is -0.494 e. The topological polar surface area (TPSA) is 38.3 Å². The van der Waals surface area contributed by atoms with Gasteiger partial charge in [-0.3, -0.25) is 4.79 Å². The predicted molar refractivity (Wildman–Crippen MR) is 107 cm³/mol. The highest BCUT2D eigenvalue weighted by atomic mass is 16.5. The second kappa shape index (κ2) is 5.98. The molecule has 3 aromatic carbocycles. The average Bonchev–Trinajstić information content (AvgIpc) is 3.40. The monoisotopic (exact) mass is 355 g/mol. The Balaban J connectivity index is 1.43. The number of carbonyl (C=O) groups is 1. The highest BCUT2D eigenvalue weighted by Crippen LogP contribution is 2.66. The molecule has 2 aliphatic carbocycles. The van der Waals surface area contributed by atoms with Crippen LogP contribution in [0.2, 0.25) is 0 Å². The van der Waals surface area contributed by atoms with Gasteiger partial charge in [-0.2, -0.15) is 0 Å². The fraction of sp³-hybridized carbons (Fsp3) is 0.208. The van der Waals surface area contributed by atoms with Crippen molar-refractivity contribution < 1.29 is 9.53 Å². The molecule has 1 spiro atoms. The van der Waals surface area contributed by atoms with E-state index in [0.29, 0.717) is 6.61 Å². The maximum absolute atomic E-state index is 13.0. The van der Waals surface area contributed by atoms with Crippen LogP contribution < -0.4 is 10.1 Å². The number of nitrogens with one attached hydrogen (secondary N) is 1. The molecule has 0 saturated heterocycles. The molecule has 1 amide bonds. The van der Waals surface area contributed by atoms with Crippen LogP contribution >= 0.6 is 0 Å². The zero-order valence-corrected chi connectivity index (χ0v) is 15.2. The van der Waals surface area contributed by atoms with Crippen LogP contribution in [0.3, 0.4) is 0 Å². The summed E-state index contributed by atoms with van der Waals surface area (Å²) in [4.78, 5) is 13.0. The Kier molecular flexibility index (Phi) is 3.57. The van der Waals surface area contributed by atoms with Crippen LogP contribution in [0.5, 0.6) is 5.75 Å². The van der Waals surface area contributed by atoms with E-state index in [-0.39, 0.29) is 17.2 Å². The van der Waals surface area contributed by atoms with Gasteiger partial charge in [0.05, 0.1) is 12.5 Å². The first-order chi connectivity index (χ1) is 13.2. The summed E-state index contributed by atoms with van der Waals surface area (Å²) < 4.78 is 5.47. The first-order valence-electron chi connectivity index (χ1n) is 9.47. The second-order valence-electron chi connectivity index (χ2n) is 7.27. The molecule has 134 valence electrons. The maximum Gasteiger partial charge on any atom is 0.228 e. The number of rotatable bonds is 4. The molecule has 0 radical (unpaired) electrons. The van der Waals surface area contributed by atoms with Gasteiger partial charge in [-0.15, -0.1) is 0 Å². The maximum atomic E-state index is 13.0. The molecule has 0 aliphatic heterocycles. The highest BCUT2D eigenvalue weighted by Gasteiger charge is 2.63. The molecule has 1 saturated carbocycles. The number of ether oxygens (including phenoxy) is 1. The fourth-order valence-electron chi connectivity index (χ4n) is 4.56. The van der Waals surface area contributed by atoms with Crippen molar-refractivity contribution in [1.82, 2.24) is 0 Å². The van der Waals surface area contributed by atoms with E-state index in [2.05, 4.69) is 53.8 Å². The zero-order chi connectivity index (χ0) is 18.4. The lowest BCUT2D eigenvalue weighted by Crippen LogP contribution is -2.20. The van der Waals surface area contributed by atoms with E-state index in [0.717, 1.165) is 17.9 Å². The summed E-state index contributed by atoms with van der Waals surface area (Å²) >= 11 is 0. The number of anilines is 1. The number of fused-ring (bicyclic) bond motifs is 5. The lowest BCUT2D eigenvalue weighted by Gasteiger charge is -2.14. The van der Waals surface area contributed by atoms with Gasteiger partial charge in [0.1, 0.15) is 5.75 Å². The van der Waals surface area contributed by atoms with Gasteiger partial charge in [0, 0.05) is 11.1 Å². The van der Waals surface area contributed by atoms with Crippen LogP contribution in [-0.4, -0.2) is 12.5 Å². The summed E-state index contributed by atoms with van der Waals surface area (Å²) in [5.41, 5.74) is 5.76. The van der Waals surface area contributed by atoms with Crippen molar-refractivity contribution >= 4 is 11.6 Å². The molecule has 1 atom stereocenters. The Morgan fingerprint density at radius 3 is 2.15 bits per heavy atom. The van der Waals surface area contributed by atoms with Gasteiger partial charge in [-0.05, 0) is 59.9 Å². The molecule has 3 nitrogen and oxygen atoms in total. The van der Waals surface area contributed by atoms with Gasteiger partial charge in [-0.25, -0.2) is 0 Å². The summed E-state index contributed by atoms with van der Waals surface area (Å²) in [7, 11) is 0. The standard InChI is InChI=1S/C24H21NO2/c1-2-27-17-13-11-16(12-14-17)25-23(26)22-15-24(22)20-9-5-3-7-18(20)19-8-4-6-10-21(19)24/h3-14,22H,2,15H2,1H3,(H,25,26). The molecule has 27 heavy (non-hydrogen) atoms. The van der Waals surface area contributed by atoms with E-state index in [1.807, 2.05) is 31.2 Å². The number of carbonyl (C=O) groups excluding carboxylic acids is 1. The summed E-state index contributed by atoms with van der Waals surface area (Å²) in [6, 6.07) is 24.6. The van der Waals surface area contributed by atoms with Crippen LogP contribution in [0.1, 0.15) is 24.5 Å². The number of benzene rings is 3. The molecule has 0 bridgehead atoms. The van der Waals surface area contributed by atoms with Crippen molar-refractivity contribution in [2.24, 2.45) is 5.92 Å². The van der Waals surface area contributed by atoms with Gasteiger partial charge in [0.15, 0.2) is 0 Å². The largest absolute Gasteiger partial charge is 0.494 e. The Morgan fingerprint density at radius 1 is 0.963 bits per heavy atom. The minimum atomic E-state index is -0.164. The second-order valence-corrected chi connectivity index (χ2v) is 7.27. The van der Waals surface area contributed by atoms with Crippen LogP contribution in [0, 0.1) is 5.92 Å². The number of hydrogen-bond donors (Lipinski definition) is 1. The van der Waals surface area contributed by atoms with Crippen molar-refractivity contribution in [2.75, 3.05) is 11.9 Å². The normalized spacial score (nSPS) is 17.9. The fourth-order valence-corrected chi connectivity index (χ4v) is 4.56. The Hall–Kier alpha value is -3.07. The Labute approximate surface area is 159 Å². The van der Waals surface area contributed by atoms with E-state index in [1.165, 1.54) is 22.3 Å². The van der Waals surface area contributed by atoms with Crippen molar-refractivity contribution in [3.05, 3.63) is 83.9 Å². The molecule has 5 rings (SSSR count). The van der Waals surface area contributed by atoms with Crippen LogP contribution in [0.15, 0.2) is 72.8 Å². The van der Waals surface area contributed by atoms with E-state index in [9.17, 15) is 4.79 Å². The molecule has 3 heteroatoms. The van der Waals surface area contributed by atoms with E-state index < -0.39 is 0 Å². The molecular formula is C24H21NO2. The lowest BCUT2D eigenvalue weighted by atomic mass is 9.90. The average molecular weight is 355 g/mol. The Morgan fingerprint density at radius 2 is 1.56 bits per heavy atom. The smallest absolute Gasteiger partial charge is 0.228 e. The van der Waals surface area contributed by atoms with E-state index >= 15 is 0 Å². The SMILES string of the molecule is CCOc1ccc(NC(=O)C2CC23c2ccccc2-c2ccccc23)cc1. The van der Waals surface area contributed by atoms with Crippen molar-refractivity contribution in [3.63, 3.8) is 0 Å². The van der Waals surface area contributed by atoms with Gasteiger partial charge < -0.3 is 10.1 Å². The third-order valence-electron chi connectivity index (χ3n) is 5.82. The van der Waals surface area contributed by atoms with Crippen LogP contribution in [-0.2, 0) is 10.2 Å². The van der Waals surface area contributed by atoms with Crippen molar-refractivity contribution in [2.45, 2.75) is 18.8 Å². The highest BCUT2D eigenvalue weighted by molar-refractivity contribution is 5.99. The predicted octanol–water partition coefficient (Wildman–Crippen LogP) is 5.01. The van der Waals surface area contributed by atoms with Gasteiger partial charge in [0.25, 0.3) is 0 Å². The van der Waals surface area contributed by atoms with E-state index in [4.69, 9.17) is 4.74 Å². The molecule has 1 N–H and O–H groups in total. The molecule has 0 aromatic heterocycles. The zero-order valence-electron chi connectivity index (χ0n) is 15.2. The van der Waals surface area contributed by atoms with E-state index in [1.54, 1.807) is 0 Å². The lowest BCUT2D eigenvalue weighted by molar-refractivity contribution is -0.117. The third-order valence-corrected chi connectivity index (χ3v) is 5.82. The third kappa shape index (κ3) is 2.38. The van der Waals surface area contributed by atoms with Crippen LogP contribution in [0.25, 0.3) is 11.1 Å². The molecular weight excluding hydrogens is 334 g/mol. The van der Waals surface area contributed by atoms with Gasteiger partial charge >= 0.3 is 0 Å². The molecule has 1 unspecified atom stereocenters. The number of hydrogen-bond acceptors (Lipinski definition) is 2. The molecule has 2 aliphatic rings. The van der Waals surface area contributed by atoms with Crippen molar-refractivity contribution in [1.29, 1.82) is 0 Å². The first-order valence-corrected chi connectivity index (χ1v) is 9.47. The van der Waals surface area contributed by atoms with Crippen LogP contribution in [0.4, 0.5) is 5.69 Å². The summed E-state index contributed by atoms with van der Waals surface area (Å²) in [5, 5.41) is 3.09. The molecule has 0 heterocycles. The number of amides is 1. The van der Waals surface area contributed by atoms with Crippen molar-refractivity contribution in [3.8, 4) is 16.9 Å². The molecule has 3 aromatic rings. The summed E-state index contributed by atoms with van der Waals surface area (Å²) in [6.45, 7) is 2.59.